The number of hydrogen-bond donors (Lipinski definition) is 3. The fraction of sp³-hybridized carbons (Fsp3) is 0.864. The number of thiol groups is 1. The van der Waals surface area contributed by atoms with Crippen LogP contribution < -0.4 is 0 Å². The van der Waals surface area contributed by atoms with E-state index in [1.54, 1.807) is 0 Å². The van der Waals surface area contributed by atoms with Crippen molar-refractivity contribution in [3.05, 3.63) is 0 Å². The first-order valence-corrected chi connectivity index (χ1v) is 11.5. The van der Waals surface area contributed by atoms with Crippen molar-refractivity contribution in [1.29, 1.82) is 0 Å². The van der Waals surface area contributed by atoms with Gasteiger partial charge in [0.15, 0.2) is 5.12 Å². The van der Waals surface area contributed by atoms with Crippen molar-refractivity contribution in [2.75, 3.05) is 0 Å². The maximum absolute atomic E-state index is 10.3. The Morgan fingerprint density at radius 2 is 0.857 bits per heavy atom. The predicted molar refractivity (Wildman–Crippen MR) is 118 cm³/mol. The Kier molecular flexibility index (Phi) is 25.0. The molecule has 0 bridgehead atoms. The van der Waals surface area contributed by atoms with Gasteiger partial charge < -0.3 is 10.2 Å². The van der Waals surface area contributed by atoms with E-state index in [1.165, 1.54) is 83.5 Å². The molecule has 0 saturated heterocycles. The third-order valence-corrected chi connectivity index (χ3v) is 4.77. The standard InChI is InChI=1S/C18H36O2.C4H6O3S/c1-2-3-4-5-6-7-8-9-10-11-12-13-14-15-16-17-18(19)20;5-3(6)1-2-4(7)8/h2-17H2,1H3,(H,19,20);1-2H2,(H,5,6)(H,7,8). The van der Waals surface area contributed by atoms with E-state index < -0.39 is 11.9 Å². The first kappa shape index (κ1) is 29.2. The van der Waals surface area contributed by atoms with Gasteiger partial charge in [-0.2, -0.15) is 0 Å². The SMILES string of the molecule is CCCCCCCCCCCCCCCCCC(=O)O.O=C(O)CCC(=O)S. The van der Waals surface area contributed by atoms with Gasteiger partial charge >= 0.3 is 11.9 Å². The van der Waals surface area contributed by atoms with Gasteiger partial charge in [0, 0.05) is 12.8 Å². The van der Waals surface area contributed by atoms with Crippen LogP contribution in [0.25, 0.3) is 0 Å². The summed E-state index contributed by atoms with van der Waals surface area (Å²) in [6, 6.07) is 0. The van der Waals surface area contributed by atoms with Gasteiger partial charge in [0.2, 0.25) is 0 Å². The van der Waals surface area contributed by atoms with Gasteiger partial charge in [0.1, 0.15) is 0 Å². The molecule has 0 aromatic heterocycles. The summed E-state index contributed by atoms with van der Waals surface area (Å²) in [5, 5.41) is 16.1. The van der Waals surface area contributed by atoms with Crippen LogP contribution in [0, 0.1) is 0 Å². The maximum Gasteiger partial charge on any atom is 0.303 e. The van der Waals surface area contributed by atoms with Crippen LogP contribution in [0.2, 0.25) is 0 Å². The lowest BCUT2D eigenvalue weighted by atomic mass is 10.0. The first-order chi connectivity index (χ1) is 13.4. The number of carboxylic acid groups (broad SMARTS) is 2. The molecule has 5 nitrogen and oxygen atoms in total. The second-order valence-electron chi connectivity index (χ2n) is 7.38. The topological polar surface area (TPSA) is 91.7 Å². The molecule has 6 heteroatoms. The molecule has 0 unspecified atom stereocenters. The fourth-order valence-corrected chi connectivity index (χ4v) is 2.97. The highest BCUT2D eigenvalue weighted by Crippen LogP contribution is 2.13. The molecular weight excluding hydrogens is 376 g/mol. The van der Waals surface area contributed by atoms with Gasteiger partial charge in [-0.05, 0) is 6.42 Å². The van der Waals surface area contributed by atoms with Crippen molar-refractivity contribution in [2.24, 2.45) is 0 Å². The van der Waals surface area contributed by atoms with Crippen LogP contribution in [0.5, 0.6) is 0 Å². The van der Waals surface area contributed by atoms with E-state index >= 15 is 0 Å². The number of hydrogen-bond acceptors (Lipinski definition) is 3. The smallest absolute Gasteiger partial charge is 0.303 e. The van der Waals surface area contributed by atoms with Gasteiger partial charge in [0.25, 0.3) is 0 Å². The lowest BCUT2D eigenvalue weighted by Crippen LogP contribution is -1.96. The van der Waals surface area contributed by atoms with Crippen molar-refractivity contribution in [1.82, 2.24) is 0 Å². The molecule has 28 heavy (non-hydrogen) atoms. The fourth-order valence-electron chi connectivity index (χ4n) is 2.86. The predicted octanol–water partition coefficient (Wildman–Crippen LogP) is 6.64. The number of carbonyl (C=O) groups excluding carboxylic acids is 1. The number of rotatable bonds is 19. The lowest BCUT2D eigenvalue weighted by molar-refractivity contribution is -0.138. The van der Waals surface area contributed by atoms with Crippen molar-refractivity contribution in [2.45, 2.75) is 122 Å². The van der Waals surface area contributed by atoms with Crippen LogP contribution in [0.3, 0.4) is 0 Å². The summed E-state index contributed by atoms with van der Waals surface area (Å²) in [7, 11) is 0. The highest BCUT2D eigenvalue weighted by Gasteiger charge is 1.99. The molecule has 0 atom stereocenters. The molecule has 0 radical (unpaired) electrons. The normalized spacial score (nSPS) is 10.2. The molecule has 0 aromatic rings. The molecule has 0 fully saturated rings. The number of carbonyl (C=O) groups is 3. The maximum atomic E-state index is 10.3. The van der Waals surface area contributed by atoms with Crippen molar-refractivity contribution in [3.63, 3.8) is 0 Å². The van der Waals surface area contributed by atoms with Crippen LogP contribution in [0.1, 0.15) is 122 Å². The van der Waals surface area contributed by atoms with Gasteiger partial charge in [-0.1, -0.05) is 96.8 Å². The van der Waals surface area contributed by atoms with Gasteiger partial charge in [-0.25, -0.2) is 0 Å². The number of carboxylic acids is 2. The van der Waals surface area contributed by atoms with Crippen LogP contribution in [-0.4, -0.2) is 27.3 Å². The van der Waals surface area contributed by atoms with Crippen molar-refractivity contribution >= 4 is 29.7 Å². The lowest BCUT2D eigenvalue weighted by Gasteiger charge is -2.03. The molecule has 0 aliphatic carbocycles. The zero-order chi connectivity index (χ0) is 21.5. The molecule has 0 aromatic carbocycles. The quantitative estimate of drug-likeness (QED) is 0.161. The number of unbranched alkanes of at least 4 members (excludes halogenated alkanes) is 14. The Balaban J connectivity index is 0. The largest absolute Gasteiger partial charge is 0.481 e. The van der Waals surface area contributed by atoms with Crippen LogP contribution in [-0.2, 0) is 14.4 Å². The zero-order valence-corrected chi connectivity index (χ0v) is 18.7. The second-order valence-corrected chi connectivity index (χ2v) is 7.88. The molecule has 2 N–H and O–H groups in total. The summed E-state index contributed by atoms with van der Waals surface area (Å²) in [5.41, 5.74) is 0. The molecule has 0 rings (SSSR count). The molecular formula is C22H42O5S. The van der Waals surface area contributed by atoms with E-state index in [0.29, 0.717) is 6.42 Å². The van der Waals surface area contributed by atoms with E-state index in [0.717, 1.165) is 12.8 Å². The summed E-state index contributed by atoms with van der Waals surface area (Å²) in [5.74, 6) is -1.62. The minimum atomic E-state index is -0.965. The van der Waals surface area contributed by atoms with Gasteiger partial charge in [0.05, 0.1) is 6.42 Å². The molecule has 0 aliphatic heterocycles. The van der Waals surface area contributed by atoms with E-state index in [9.17, 15) is 14.4 Å². The summed E-state index contributed by atoms with van der Waals surface area (Å²) in [6.45, 7) is 2.27. The minimum absolute atomic E-state index is 0.0123. The van der Waals surface area contributed by atoms with E-state index in [1.807, 2.05) is 0 Å². The molecule has 0 saturated carbocycles. The summed E-state index contributed by atoms with van der Waals surface area (Å²) in [4.78, 5) is 30.0. The van der Waals surface area contributed by atoms with E-state index in [-0.39, 0.29) is 18.0 Å². The molecule has 0 amide bonds. The molecule has 0 spiro atoms. The van der Waals surface area contributed by atoms with Crippen LogP contribution >= 0.6 is 12.6 Å². The van der Waals surface area contributed by atoms with Crippen LogP contribution in [0.4, 0.5) is 0 Å². The van der Waals surface area contributed by atoms with E-state index in [4.69, 9.17) is 10.2 Å². The van der Waals surface area contributed by atoms with Gasteiger partial charge in [-0.3, -0.25) is 14.4 Å². The van der Waals surface area contributed by atoms with Crippen molar-refractivity contribution < 1.29 is 24.6 Å². The Bertz CT molecular complexity index is 371. The second kappa shape index (κ2) is 24.0. The Morgan fingerprint density at radius 3 is 1.11 bits per heavy atom. The molecule has 166 valence electrons. The Hall–Kier alpha value is -1.04. The monoisotopic (exact) mass is 418 g/mol. The highest BCUT2D eigenvalue weighted by atomic mass is 32.1. The third kappa shape index (κ3) is 32.6. The Morgan fingerprint density at radius 1 is 0.536 bits per heavy atom. The highest BCUT2D eigenvalue weighted by molar-refractivity contribution is 7.96. The summed E-state index contributed by atoms with van der Waals surface area (Å²) in [6.07, 6.45) is 20.1. The molecule has 0 heterocycles. The Labute approximate surface area is 177 Å². The van der Waals surface area contributed by atoms with Crippen molar-refractivity contribution in [3.8, 4) is 0 Å². The van der Waals surface area contributed by atoms with Crippen LogP contribution in [0.15, 0.2) is 0 Å². The molecule has 0 aliphatic rings. The third-order valence-electron chi connectivity index (χ3n) is 4.55. The zero-order valence-electron chi connectivity index (χ0n) is 17.8. The summed E-state index contributed by atoms with van der Waals surface area (Å²) < 4.78 is 0. The number of aliphatic carboxylic acids is 2. The average Bonchev–Trinajstić information content (AvgIpc) is 2.63. The van der Waals surface area contributed by atoms with Gasteiger partial charge in [-0.15, -0.1) is 12.6 Å². The summed E-state index contributed by atoms with van der Waals surface area (Å²) >= 11 is 3.37. The first-order valence-electron chi connectivity index (χ1n) is 11.1. The van der Waals surface area contributed by atoms with E-state index in [2.05, 4.69) is 19.6 Å². The average molecular weight is 419 g/mol. The minimum Gasteiger partial charge on any atom is -0.481 e.